The van der Waals surface area contributed by atoms with Gasteiger partial charge in [0.05, 0.1) is 12.1 Å². The quantitative estimate of drug-likeness (QED) is 0.841. The minimum Gasteiger partial charge on any atom is -0.394 e. The van der Waals surface area contributed by atoms with Crippen LogP contribution in [0.25, 0.3) is 0 Å². The Kier molecular flexibility index (Phi) is 5.59. The molecule has 1 aromatic carbocycles. The summed E-state index contributed by atoms with van der Waals surface area (Å²) in [5, 5.41) is 13.0. The van der Waals surface area contributed by atoms with Gasteiger partial charge in [0.1, 0.15) is 0 Å². The average Bonchev–Trinajstić information content (AvgIpc) is 2.28. The first kappa shape index (κ1) is 14.6. The van der Waals surface area contributed by atoms with Crippen molar-refractivity contribution in [1.82, 2.24) is 10.2 Å². The summed E-state index contributed by atoms with van der Waals surface area (Å²) in [7, 11) is 4.08. The SMILES string of the molecule is CN(C)CCNC(C)(CO)c1cccc(Br)c1. The fraction of sp³-hybridized carbons (Fsp3) is 0.538. The van der Waals surface area contributed by atoms with Gasteiger partial charge >= 0.3 is 0 Å². The van der Waals surface area contributed by atoms with Crippen LogP contribution in [0, 0.1) is 0 Å². The van der Waals surface area contributed by atoms with Crippen LogP contribution in [-0.2, 0) is 5.54 Å². The van der Waals surface area contributed by atoms with E-state index in [-0.39, 0.29) is 12.1 Å². The highest BCUT2D eigenvalue weighted by atomic mass is 79.9. The molecular formula is C13H21BrN2O. The number of rotatable bonds is 6. The highest BCUT2D eigenvalue weighted by Gasteiger charge is 2.24. The van der Waals surface area contributed by atoms with Crippen LogP contribution in [0.2, 0.25) is 0 Å². The molecule has 0 spiro atoms. The monoisotopic (exact) mass is 300 g/mol. The first-order chi connectivity index (χ1) is 7.98. The lowest BCUT2D eigenvalue weighted by molar-refractivity contribution is 0.172. The molecule has 1 atom stereocenters. The van der Waals surface area contributed by atoms with Crippen molar-refractivity contribution in [1.29, 1.82) is 0 Å². The molecule has 0 saturated carbocycles. The molecule has 0 aromatic heterocycles. The van der Waals surface area contributed by atoms with Crippen LogP contribution in [0.3, 0.4) is 0 Å². The second-order valence-corrected chi connectivity index (χ2v) is 5.65. The average molecular weight is 301 g/mol. The molecule has 0 radical (unpaired) electrons. The molecule has 96 valence electrons. The van der Waals surface area contributed by atoms with Crippen LogP contribution in [0.5, 0.6) is 0 Å². The number of aliphatic hydroxyl groups is 1. The van der Waals surface area contributed by atoms with E-state index in [0.29, 0.717) is 0 Å². The van der Waals surface area contributed by atoms with Crippen molar-refractivity contribution in [2.75, 3.05) is 33.8 Å². The van der Waals surface area contributed by atoms with Crippen molar-refractivity contribution in [3.05, 3.63) is 34.3 Å². The topological polar surface area (TPSA) is 35.5 Å². The number of likely N-dealkylation sites (N-methyl/N-ethyl adjacent to an activating group) is 1. The van der Waals surface area contributed by atoms with Crippen molar-refractivity contribution in [2.45, 2.75) is 12.5 Å². The minimum atomic E-state index is -0.389. The van der Waals surface area contributed by atoms with E-state index in [9.17, 15) is 5.11 Å². The largest absolute Gasteiger partial charge is 0.394 e. The first-order valence-corrected chi connectivity index (χ1v) is 6.54. The number of benzene rings is 1. The van der Waals surface area contributed by atoms with Gasteiger partial charge in [0, 0.05) is 17.6 Å². The third-order valence-electron chi connectivity index (χ3n) is 2.85. The Balaban J connectivity index is 2.73. The zero-order valence-electron chi connectivity index (χ0n) is 10.7. The van der Waals surface area contributed by atoms with Gasteiger partial charge in [-0.25, -0.2) is 0 Å². The molecule has 0 saturated heterocycles. The molecule has 1 unspecified atom stereocenters. The molecule has 0 aliphatic carbocycles. The summed E-state index contributed by atoms with van der Waals surface area (Å²) in [6.07, 6.45) is 0. The second kappa shape index (κ2) is 6.50. The number of halogens is 1. The Morgan fingerprint density at radius 3 is 2.65 bits per heavy atom. The summed E-state index contributed by atoms with van der Waals surface area (Å²) in [4.78, 5) is 2.12. The lowest BCUT2D eigenvalue weighted by atomic mass is 9.93. The second-order valence-electron chi connectivity index (χ2n) is 4.73. The maximum atomic E-state index is 9.60. The van der Waals surface area contributed by atoms with Crippen LogP contribution in [0.4, 0.5) is 0 Å². The van der Waals surface area contributed by atoms with Crippen molar-refractivity contribution < 1.29 is 5.11 Å². The predicted octanol–water partition coefficient (Wildman–Crippen LogP) is 1.81. The summed E-state index contributed by atoms with van der Waals surface area (Å²) in [5.74, 6) is 0. The third-order valence-corrected chi connectivity index (χ3v) is 3.35. The van der Waals surface area contributed by atoms with Gasteiger partial charge in [-0.3, -0.25) is 0 Å². The standard InChI is InChI=1S/C13H21BrN2O/c1-13(10-17,15-7-8-16(2)3)11-5-4-6-12(14)9-11/h4-6,9,15,17H,7-8,10H2,1-3H3. The van der Waals surface area contributed by atoms with Crippen molar-refractivity contribution >= 4 is 15.9 Å². The van der Waals surface area contributed by atoms with E-state index in [0.717, 1.165) is 23.1 Å². The molecule has 3 nitrogen and oxygen atoms in total. The van der Waals surface area contributed by atoms with E-state index in [4.69, 9.17) is 0 Å². The number of hydrogen-bond donors (Lipinski definition) is 2. The van der Waals surface area contributed by atoms with E-state index in [1.54, 1.807) is 0 Å². The number of nitrogens with zero attached hydrogens (tertiary/aromatic N) is 1. The van der Waals surface area contributed by atoms with E-state index in [1.807, 2.05) is 45.3 Å². The molecule has 0 amide bonds. The van der Waals surface area contributed by atoms with Gasteiger partial charge in [0.2, 0.25) is 0 Å². The van der Waals surface area contributed by atoms with Gasteiger partial charge < -0.3 is 15.3 Å². The summed E-state index contributed by atoms with van der Waals surface area (Å²) in [6.45, 7) is 3.89. The maximum absolute atomic E-state index is 9.60. The van der Waals surface area contributed by atoms with Crippen molar-refractivity contribution in [3.63, 3.8) is 0 Å². The van der Waals surface area contributed by atoms with E-state index >= 15 is 0 Å². The highest BCUT2D eigenvalue weighted by Crippen LogP contribution is 2.23. The van der Waals surface area contributed by atoms with Crippen LogP contribution < -0.4 is 5.32 Å². The molecule has 0 heterocycles. The molecular weight excluding hydrogens is 280 g/mol. The van der Waals surface area contributed by atoms with Gasteiger partial charge in [0.15, 0.2) is 0 Å². The summed E-state index contributed by atoms with van der Waals surface area (Å²) >= 11 is 3.46. The summed E-state index contributed by atoms with van der Waals surface area (Å²) in [5.41, 5.74) is 0.702. The van der Waals surface area contributed by atoms with Crippen LogP contribution in [0.15, 0.2) is 28.7 Å². The summed E-state index contributed by atoms with van der Waals surface area (Å²) in [6, 6.07) is 8.05. The fourth-order valence-corrected chi connectivity index (χ4v) is 2.04. The molecule has 2 N–H and O–H groups in total. The van der Waals surface area contributed by atoms with Gasteiger partial charge in [-0.05, 0) is 38.7 Å². The Morgan fingerprint density at radius 1 is 1.41 bits per heavy atom. The number of hydrogen-bond acceptors (Lipinski definition) is 3. The molecule has 0 aliphatic heterocycles. The molecule has 1 aromatic rings. The third kappa shape index (κ3) is 4.39. The van der Waals surface area contributed by atoms with E-state index in [1.165, 1.54) is 0 Å². The van der Waals surface area contributed by atoms with Crippen LogP contribution in [0.1, 0.15) is 12.5 Å². The number of nitrogens with one attached hydrogen (secondary N) is 1. The normalized spacial score (nSPS) is 14.9. The molecule has 1 rings (SSSR count). The number of aliphatic hydroxyl groups excluding tert-OH is 1. The van der Waals surface area contributed by atoms with E-state index < -0.39 is 0 Å². The summed E-state index contributed by atoms with van der Waals surface area (Å²) < 4.78 is 1.03. The Hall–Kier alpha value is -0.420. The Labute approximate surface area is 112 Å². The fourth-order valence-electron chi connectivity index (χ4n) is 1.64. The van der Waals surface area contributed by atoms with Crippen LogP contribution in [-0.4, -0.2) is 43.8 Å². The lowest BCUT2D eigenvalue weighted by Gasteiger charge is -2.30. The van der Waals surface area contributed by atoms with Gasteiger partial charge in [-0.15, -0.1) is 0 Å². The predicted molar refractivity (Wildman–Crippen MR) is 75.1 cm³/mol. The highest BCUT2D eigenvalue weighted by molar-refractivity contribution is 9.10. The van der Waals surface area contributed by atoms with Gasteiger partial charge in [-0.1, -0.05) is 28.1 Å². The van der Waals surface area contributed by atoms with E-state index in [2.05, 4.69) is 26.1 Å². The molecule has 0 fully saturated rings. The molecule has 0 aliphatic rings. The van der Waals surface area contributed by atoms with Crippen molar-refractivity contribution in [2.24, 2.45) is 0 Å². The Morgan fingerprint density at radius 2 is 2.12 bits per heavy atom. The zero-order chi connectivity index (χ0) is 12.9. The maximum Gasteiger partial charge on any atom is 0.0652 e. The van der Waals surface area contributed by atoms with Crippen LogP contribution >= 0.6 is 15.9 Å². The zero-order valence-corrected chi connectivity index (χ0v) is 12.3. The molecule has 0 bridgehead atoms. The first-order valence-electron chi connectivity index (χ1n) is 5.74. The molecule has 17 heavy (non-hydrogen) atoms. The van der Waals surface area contributed by atoms with Crippen molar-refractivity contribution in [3.8, 4) is 0 Å². The Bertz CT molecular complexity index is 357. The lowest BCUT2D eigenvalue weighted by Crippen LogP contribution is -2.45. The van der Waals surface area contributed by atoms with Gasteiger partial charge in [-0.2, -0.15) is 0 Å². The molecule has 4 heteroatoms. The minimum absolute atomic E-state index is 0.0802. The smallest absolute Gasteiger partial charge is 0.0652 e. The van der Waals surface area contributed by atoms with Gasteiger partial charge in [0.25, 0.3) is 0 Å².